The zero-order valence-electron chi connectivity index (χ0n) is 13.0. The van der Waals surface area contributed by atoms with Crippen molar-refractivity contribution in [1.29, 1.82) is 0 Å². The minimum absolute atomic E-state index is 0.129. The molecule has 2 heterocycles. The highest BCUT2D eigenvalue weighted by molar-refractivity contribution is 6.05. The summed E-state index contributed by atoms with van der Waals surface area (Å²) in [6, 6.07) is 11.3. The maximum atomic E-state index is 12.5. The van der Waals surface area contributed by atoms with Crippen LogP contribution >= 0.6 is 0 Å². The van der Waals surface area contributed by atoms with Gasteiger partial charge in [0.15, 0.2) is 11.5 Å². The van der Waals surface area contributed by atoms with Crippen molar-refractivity contribution in [2.24, 2.45) is 0 Å². The number of ether oxygens (including phenoxy) is 2. The number of anilines is 1. The van der Waals surface area contributed by atoms with Crippen LogP contribution in [0.3, 0.4) is 0 Å². The van der Waals surface area contributed by atoms with Crippen LogP contribution < -0.4 is 14.8 Å². The third-order valence-corrected chi connectivity index (χ3v) is 4.34. The molecule has 0 radical (unpaired) electrons. The van der Waals surface area contributed by atoms with Gasteiger partial charge in [0.1, 0.15) is 0 Å². The Morgan fingerprint density at radius 1 is 1.17 bits per heavy atom. The summed E-state index contributed by atoms with van der Waals surface area (Å²) in [4.78, 5) is 14.8. The molecule has 4 rings (SSSR count). The minimum Gasteiger partial charge on any atom is -0.454 e. The van der Waals surface area contributed by atoms with Crippen molar-refractivity contribution in [3.63, 3.8) is 0 Å². The van der Waals surface area contributed by atoms with Crippen molar-refractivity contribution in [2.45, 2.75) is 13.0 Å². The lowest BCUT2D eigenvalue weighted by Crippen LogP contribution is -2.27. The van der Waals surface area contributed by atoms with Gasteiger partial charge in [0.2, 0.25) is 6.79 Å². The van der Waals surface area contributed by atoms with Crippen molar-refractivity contribution in [1.82, 2.24) is 4.90 Å². The summed E-state index contributed by atoms with van der Waals surface area (Å²) < 4.78 is 10.6. The largest absolute Gasteiger partial charge is 0.454 e. The van der Waals surface area contributed by atoms with E-state index < -0.39 is 0 Å². The van der Waals surface area contributed by atoms with Crippen molar-refractivity contribution >= 4 is 11.6 Å². The molecular formula is C18H18N2O3. The molecule has 0 bridgehead atoms. The first-order valence-electron chi connectivity index (χ1n) is 7.71. The predicted molar refractivity (Wildman–Crippen MR) is 87.0 cm³/mol. The first-order valence-corrected chi connectivity index (χ1v) is 7.71. The van der Waals surface area contributed by atoms with Crippen LogP contribution in [0.15, 0.2) is 36.4 Å². The fourth-order valence-electron chi connectivity index (χ4n) is 3.10. The van der Waals surface area contributed by atoms with E-state index in [2.05, 4.69) is 23.3 Å². The average molecular weight is 310 g/mol. The number of nitrogens with zero attached hydrogens (tertiary/aromatic N) is 1. The Hall–Kier alpha value is -2.53. The summed E-state index contributed by atoms with van der Waals surface area (Å²) in [6.07, 6.45) is 0.948. The molecule has 118 valence electrons. The molecule has 23 heavy (non-hydrogen) atoms. The van der Waals surface area contributed by atoms with Gasteiger partial charge in [-0.2, -0.15) is 0 Å². The summed E-state index contributed by atoms with van der Waals surface area (Å²) in [5.74, 6) is 1.17. The third-order valence-electron chi connectivity index (χ3n) is 4.34. The number of hydrogen-bond acceptors (Lipinski definition) is 4. The Labute approximate surface area is 134 Å². The van der Waals surface area contributed by atoms with E-state index in [4.69, 9.17) is 9.47 Å². The Balaban J connectivity index is 1.59. The molecule has 2 aliphatic heterocycles. The van der Waals surface area contributed by atoms with E-state index in [0.29, 0.717) is 17.1 Å². The summed E-state index contributed by atoms with van der Waals surface area (Å²) in [6.45, 7) is 2.13. The average Bonchev–Trinajstić information content (AvgIpc) is 3.02. The molecule has 1 N–H and O–H groups in total. The van der Waals surface area contributed by atoms with E-state index in [1.165, 1.54) is 11.1 Å². The lowest BCUT2D eigenvalue weighted by molar-refractivity contribution is 0.102. The van der Waals surface area contributed by atoms with Crippen LogP contribution in [0.2, 0.25) is 0 Å². The second-order valence-corrected chi connectivity index (χ2v) is 5.95. The number of carbonyl (C=O) groups excluding carboxylic acids is 1. The van der Waals surface area contributed by atoms with E-state index in [9.17, 15) is 4.79 Å². The van der Waals surface area contributed by atoms with Gasteiger partial charge in [-0.3, -0.25) is 4.79 Å². The van der Waals surface area contributed by atoms with Gasteiger partial charge in [0.25, 0.3) is 5.91 Å². The van der Waals surface area contributed by atoms with E-state index in [-0.39, 0.29) is 12.7 Å². The zero-order chi connectivity index (χ0) is 15.8. The van der Waals surface area contributed by atoms with Crippen LogP contribution in [0.25, 0.3) is 0 Å². The normalized spacial score (nSPS) is 16.0. The Kier molecular flexibility index (Phi) is 3.42. The smallest absolute Gasteiger partial charge is 0.255 e. The Morgan fingerprint density at radius 2 is 2.04 bits per heavy atom. The highest BCUT2D eigenvalue weighted by Crippen LogP contribution is 2.33. The van der Waals surface area contributed by atoms with Crippen LogP contribution in [-0.2, 0) is 13.0 Å². The lowest BCUT2D eigenvalue weighted by Gasteiger charge is -2.26. The van der Waals surface area contributed by atoms with Gasteiger partial charge in [-0.1, -0.05) is 12.1 Å². The summed E-state index contributed by atoms with van der Waals surface area (Å²) in [7, 11) is 2.11. The first kappa shape index (κ1) is 14.1. The Bertz CT molecular complexity index is 773. The van der Waals surface area contributed by atoms with Gasteiger partial charge in [-0.25, -0.2) is 0 Å². The second kappa shape index (κ2) is 5.59. The van der Waals surface area contributed by atoms with Crippen molar-refractivity contribution in [3.8, 4) is 11.5 Å². The molecule has 2 aromatic carbocycles. The van der Waals surface area contributed by atoms with Crippen molar-refractivity contribution < 1.29 is 14.3 Å². The third kappa shape index (κ3) is 2.64. The lowest BCUT2D eigenvalue weighted by atomic mass is 9.98. The molecule has 0 unspecified atom stereocenters. The molecule has 2 aliphatic rings. The molecule has 0 fully saturated rings. The molecule has 0 atom stereocenters. The van der Waals surface area contributed by atoms with Crippen LogP contribution in [0.1, 0.15) is 21.5 Å². The predicted octanol–water partition coefficient (Wildman–Crippen LogP) is 2.66. The SMILES string of the molecule is CN1CCc2c(cccc2NC(=O)c2ccc3c(c2)OCO3)C1. The number of fused-ring (bicyclic) bond motifs is 2. The van der Waals surface area contributed by atoms with E-state index in [1.807, 2.05) is 12.1 Å². The molecule has 5 heteroatoms. The van der Waals surface area contributed by atoms with Crippen molar-refractivity contribution in [3.05, 3.63) is 53.1 Å². The maximum absolute atomic E-state index is 12.5. The Morgan fingerprint density at radius 3 is 2.96 bits per heavy atom. The van der Waals surface area contributed by atoms with E-state index >= 15 is 0 Å². The quantitative estimate of drug-likeness (QED) is 0.926. The fourth-order valence-corrected chi connectivity index (χ4v) is 3.10. The van der Waals surface area contributed by atoms with Crippen LogP contribution in [0, 0.1) is 0 Å². The monoisotopic (exact) mass is 310 g/mol. The summed E-state index contributed by atoms with van der Waals surface area (Å²) in [5, 5.41) is 3.04. The molecule has 0 spiro atoms. The second-order valence-electron chi connectivity index (χ2n) is 5.95. The number of rotatable bonds is 2. The zero-order valence-corrected chi connectivity index (χ0v) is 13.0. The molecular weight excluding hydrogens is 292 g/mol. The highest BCUT2D eigenvalue weighted by atomic mass is 16.7. The number of carbonyl (C=O) groups is 1. The number of amides is 1. The molecule has 0 aromatic heterocycles. The standard InChI is InChI=1S/C18H18N2O3/c1-20-8-7-14-13(10-20)3-2-4-15(14)19-18(21)12-5-6-16-17(9-12)23-11-22-16/h2-6,9H,7-8,10-11H2,1H3,(H,19,21). The number of hydrogen-bond donors (Lipinski definition) is 1. The topological polar surface area (TPSA) is 50.8 Å². The number of benzene rings is 2. The molecule has 2 aromatic rings. The van der Waals surface area contributed by atoms with Gasteiger partial charge in [-0.05, 0) is 48.9 Å². The van der Waals surface area contributed by atoms with Crippen LogP contribution in [-0.4, -0.2) is 31.2 Å². The van der Waals surface area contributed by atoms with Gasteiger partial charge in [0.05, 0.1) is 0 Å². The molecule has 0 aliphatic carbocycles. The first-order chi connectivity index (χ1) is 11.2. The molecule has 0 saturated carbocycles. The highest BCUT2D eigenvalue weighted by Gasteiger charge is 2.19. The molecule has 5 nitrogen and oxygen atoms in total. The van der Waals surface area contributed by atoms with Crippen molar-refractivity contribution in [2.75, 3.05) is 25.7 Å². The van der Waals surface area contributed by atoms with Gasteiger partial charge >= 0.3 is 0 Å². The number of likely N-dealkylation sites (N-methyl/N-ethyl adjacent to an activating group) is 1. The summed E-state index contributed by atoms with van der Waals surface area (Å²) >= 11 is 0. The van der Waals surface area contributed by atoms with E-state index in [0.717, 1.165) is 25.2 Å². The van der Waals surface area contributed by atoms with E-state index in [1.54, 1.807) is 18.2 Å². The molecule has 0 saturated heterocycles. The molecule has 1 amide bonds. The van der Waals surface area contributed by atoms with Gasteiger partial charge in [-0.15, -0.1) is 0 Å². The minimum atomic E-state index is -0.129. The van der Waals surface area contributed by atoms with Crippen LogP contribution in [0.4, 0.5) is 5.69 Å². The maximum Gasteiger partial charge on any atom is 0.255 e. The van der Waals surface area contributed by atoms with Gasteiger partial charge in [0, 0.05) is 24.3 Å². The van der Waals surface area contributed by atoms with Gasteiger partial charge < -0.3 is 19.7 Å². The fraction of sp³-hybridized carbons (Fsp3) is 0.278. The van der Waals surface area contributed by atoms with Crippen LogP contribution in [0.5, 0.6) is 11.5 Å². The number of nitrogens with one attached hydrogen (secondary N) is 1. The summed E-state index contributed by atoms with van der Waals surface area (Å²) in [5.41, 5.74) is 3.99.